The molecule has 1 aromatic heterocycles. The SMILES string of the molecule is CCOC(=O)c1nn(-c2ccc(F)cc2)c(=O)cc1NC(=O)c1cccc(C)c1. The molecular formula is C21H18FN3O4. The fraction of sp³-hybridized carbons (Fsp3) is 0.143. The first kappa shape index (κ1) is 19.9. The van der Waals surface area contributed by atoms with E-state index < -0.39 is 23.3 Å². The number of nitrogens with one attached hydrogen (secondary N) is 1. The highest BCUT2D eigenvalue weighted by atomic mass is 19.1. The molecule has 0 aliphatic heterocycles. The zero-order chi connectivity index (χ0) is 21.0. The van der Waals surface area contributed by atoms with Gasteiger partial charge in [-0.15, -0.1) is 0 Å². The van der Waals surface area contributed by atoms with Gasteiger partial charge in [0.15, 0.2) is 5.69 Å². The van der Waals surface area contributed by atoms with E-state index in [1.54, 1.807) is 25.1 Å². The number of aryl methyl sites for hydroxylation is 1. The van der Waals surface area contributed by atoms with Gasteiger partial charge in [0.2, 0.25) is 0 Å². The van der Waals surface area contributed by atoms with Gasteiger partial charge >= 0.3 is 5.97 Å². The van der Waals surface area contributed by atoms with Crippen molar-refractivity contribution in [1.29, 1.82) is 0 Å². The maximum atomic E-state index is 13.2. The van der Waals surface area contributed by atoms with Crippen LogP contribution in [-0.2, 0) is 4.74 Å². The second-order valence-electron chi connectivity index (χ2n) is 6.18. The van der Waals surface area contributed by atoms with Crippen molar-refractivity contribution in [3.8, 4) is 5.69 Å². The van der Waals surface area contributed by atoms with Crippen molar-refractivity contribution >= 4 is 17.6 Å². The number of carbonyl (C=O) groups is 2. The first-order valence-corrected chi connectivity index (χ1v) is 8.84. The molecule has 29 heavy (non-hydrogen) atoms. The molecule has 3 aromatic rings. The average Bonchev–Trinajstić information content (AvgIpc) is 2.69. The Labute approximate surface area is 165 Å². The van der Waals surface area contributed by atoms with Gasteiger partial charge in [-0.05, 0) is 50.2 Å². The van der Waals surface area contributed by atoms with Crippen LogP contribution in [0.5, 0.6) is 0 Å². The average molecular weight is 395 g/mol. The second kappa shape index (κ2) is 8.47. The van der Waals surface area contributed by atoms with Gasteiger partial charge < -0.3 is 10.1 Å². The molecule has 7 nitrogen and oxygen atoms in total. The number of aromatic nitrogens is 2. The van der Waals surface area contributed by atoms with Crippen molar-refractivity contribution in [1.82, 2.24) is 9.78 Å². The minimum atomic E-state index is -0.803. The van der Waals surface area contributed by atoms with Crippen molar-refractivity contribution in [2.45, 2.75) is 13.8 Å². The van der Waals surface area contributed by atoms with E-state index >= 15 is 0 Å². The maximum Gasteiger partial charge on any atom is 0.360 e. The molecule has 1 N–H and O–H groups in total. The summed E-state index contributed by atoms with van der Waals surface area (Å²) in [5.41, 5.74) is 0.591. The molecule has 0 spiro atoms. The van der Waals surface area contributed by atoms with Gasteiger partial charge in [0, 0.05) is 11.6 Å². The standard InChI is InChI=1S/C21H18FN3O4/c1-3-29-21(28)19-17(23-20(27)14-6-4-5-13(2)11-14)12-18(26)25(24-19)16-9-7-15(22)8-10-16/h4-12H,3H2,1-2H3,(H,23,27). The van der Waals surface area contributed by atoms with Crippen LogP contribution in [0, 0.1) is 12.7 Å². The predicted molar refractivity (Wildman–Crippen MR) is 105 cm³/mol. The van der Waals surface area contributed by atoms with Gasteiger partial charge in [-0.2, -0.15) is 9.78 Å². The van der Waals surface area contributed by atoms with E-state index in [-0.39, 0.29) is 23.7 Å². The lowest BCUT2D eigenvalue weighted by Gasteiger charge is -2.12. The number of ether oxygens (including phenoxy) is 1. The van der Waals surface area contributed by atoms with Crippen LogP contribution in [0.3, 0.4) is 0 Å². The van der Waals surface area contributed by atoms with Crippen LogP contribution < -0.4 is 10.9 Å². The third-order valence-corrected chi connectivity index (χ3v) is 4.00. The largest absolute Gasteiger partial charge is 0.461 e. The van der Waals surface area contributed by atoms with Gasteiger partial charge in [0.25, 0.3) is 11.5 Å². The fourth-order valence-corrected chi connectivity index (χ4v) is 2.65. The van der Waals surface area contributed by atoms with E-state index in [0.29, 0.717) is 5.56 Å². The zero-order valence-electron chi connectivity index (χ0n) is 15.8. The highest BCUT2D eigenvalue weighted by molar-refractivity contribution is 6.07. The molecule has 1 amide bonds. The van der Waals surface area contributed by atoms with Gasteiger partial charge in [0.1, 0.15) is 5.82 Å². The molecule has 0 unspecified atom stereocenters. The lowest BCUT2D eigenvalue weighted by molar-refractivity contribution is 0.0518. The lowest BCUT2D eigenvalue weighted by Crippen LogP contribution is -2.27. The molecule has 1 heterocycles. The van der Waals surface area contributed by atoms with Crippen molar-refractivity contribution in [3.05, 3.63) is 87.6 Å². The number of carbonyl (C=O) groups excluding carboxylic acids is 2. The van der Waals surface area contributed by atoms with E-state index in [9.17, 15) is 18.8 Å². The first-order valence-electron chi connectivity index (χ1n) is 8.84. The number of halogens is 1. The van der Waals surface area contributed by atoms with E-state index in [2.05, 4.69) is 10.4 Å². The highest BCUT2D eigenvalue weighted by Crippen LogP contribution is 2.16. The minimum absolute atomic E-state index is 0.0710. The second-order valence-corrected chi connectivity index (χ2v) is 6.18. The Morgan fingerprint density at radius 3 is 2.52 bits per heavy atom. The topological polar surface area (TPSA) is 90.3 Å². The third-order valence-electron chi connectivity index (χ3n) is 4.00. The Morgan fingerprint density at radius 2 is 1.86 bits per heavy atom. The number of nitrogens with zero attached hydrogens (tertiary/aromatic N) is 2. The van der Waals surface area contributed by atoms with Crippen LogP contribution >= 0.6 is 0 Å². The Morgan fingerprint density at radius 1 is 1.14 bits per heavy atom. The zero-order valence-corrected chi connectivity index (χ0v) is 15.8. The van der Waals surface area contributed by atoms with E-state index in [0.717, 1.165) is 16.3 Å². The van der Waals surface area contributed by atoms with E-state index in [4.69, 9.17) is 4.74 Å². The number of amides is 1. The summed E-state index contributed by atoms with van der Waals surface area (Å²) in [6.45, 7) is 3.55. The summed E-state index contributed by atoms with van der Waals surface area (Å²) in [6, 6.07) is 13.0. The van der Waals surface area contributed by atoms with Gasteiger partial charge in [-0.1, -0.05) is 17.7 Å². The van der Waals surface area contributed by atoms with Crippen molar-refractivity contribution < 1.29 is 18.7 Å². The molecule has 0 fully saturated rings. The number of anilines is 1. The van der Waals surface area contributed by atoms with Crippen molar-refractivity contribution in [3.63, 3.8) is 0 Å². The number of esters is 1. The molecule has 3 rings (SSSR count). The number of hydrogen-bond acceptors (Lipinski definition) is 5. The molecule has 0 saturated heterocycles. The summed E-state index contributed by atoms with van der Waals surface area (Å²) in [7, 11) is 0. The summed E-state index contributed by atoms with van der Waals surface area (Å²) >= 11 is 0. The van der Waals surface area contributed by atoms with Gasteiger partial charge in [-0.25, -0.2) is 9.18 Å². The van der Waals surface area contributed by atoms with Gasteiger partial charge in [-0.3, -0.25) is 9.59 Å². The van der Waals surface area contributed by atoms with Crippen LogP contribution in [0.25, 0.3) is 5.69 Å². The van der Waals surface area contributed by atoms with Crippen molar-refractivity contribution in [2.75, 3.05) is 11.9 Å². The molecule has 0 bridgehead atoms. The molecule has 0 aliphatic carbocycles. The quantitative estimate of drug-likeness (QED) is 0.671. The minimum Gasteiger partial charge on any atom is -0.461 e. The van der Waals surface area contributed by atoms with Crippen LogP contribution in [0.15, 0.2) is 59.4 Å². The fourth-order valence-electron chi connectivity index (χ4n) is 2.65. The summed E-state index contributed by atoms with van der Waals surface area (Å²) in [4.78, 5) is 37.5. The summed E-state index contributed by atoms with van der Waals surface area (Å²) < 4.78 is 19.1. The Kier molecular flexibility index (Phi) is 5.82. The molecule has 0 aliphatic rings. The summed E-state index contributed by atoms with van der Waals surface area (Å²) in [6.07, 6.45) is 0. The molecule has 0 atom stereocenters. The maximum absolute atomic E-state index is 13.2. The third kappa shape index (κ3) is 4.55. The Bertz CT molecular complexity index is 1120. The highest BCUT2D eigenvalue weighted by Gasteiger charge is 2.20. The van der Waals surface area contributed by atoms with Crippen LogP contribution in [0.2, 0.25) is 0 Å². The Balaban J connectivity index is 2.04. The number of hydrogen-bond donors (Lipinski definition) is 1. The molecule has 2 aromatic carbocycles. The molecule has 0 saturated carbocycles. The molecule has 148 valence electrons. The summed E-state index contributed by atoms with van der Waals surface area (Å²) in [5.74, 6) is -1.78. The molecule has 8 heteroatoms. The van der Waals surface area contributed by atoms with E-state index in [1.165, 1.54) is 24.3 Å². The number of benzene rings is 2. The van der Waals surface area contributed by atoms with Crippen molar-refractivity contribution in [2.24, 2.45) is 0 Å². The smallest absolute Gasteiger partial charge is 0.360 e. The lowest BCUT2D eigenvalue weighted by atomic mass is 10.1. The Hall–Kier alpha value is -3.81. The first-order chi connectivity index (χ1) is 13.9. The number of rotatable bonds is 5. The monoisotopic (exact) mass is 395 g/mol. The molecule has 0 radical (unpaired) electrons. The van der Waals surface area contributed by atoms with Crippen LogP contribution in [0.1, 0.15) is 33.3 Å². The summed E-state index contributed by atoms with van der Waals surface area (Å²) in [5, 5.41) is 6.59. The molecular weight excluding hydrogens is 377 g/mol. The predicted octanol–water partition coefficient (Wildman–Crippen LogP) is 3.11. The normalized spacial score (nSPS) is 10.4. The van der Waals surface area contributed by atoms with Crippen LogP contribution in [0.4, 0.5) is 10.1 Å². The van der Waals surface area contributed by atoms with E-state index in [1.807, 2.05) is 13.0 Å². The van der Waals surface area contributed by atoms with Crippen LogP contribution in [-0.4, -0.2) is 28.3 Å². The van der Waals surface area contributed by atoms with Gasteiger partial charge in [0.05, 0.1) is 18.0 Å².